The van der Waals surface area contributed by atoms with E-state index in [4.69, 9.17) is 13.9 Å². The fraction of sp³-hybridized carbons (Fsp3) is 0.353. The molecule has 1 aromatic heterocycles. The summed E-state index contributed by atoms with van der Waals surface area (Å²) < 4.78 is 16.0. The first-order valence-electron chi connectivity index (χ1n) is 7.62. The molecule has 0 saturated heterocycles. The van der Waals surface area contributed by atoms with Gasteiger partial charge in [0.25, 0.3) is 0 Å². The Morgan fingerprint density at radius 1 is 1.39 bits per heavy atom. The minimum Gasteiger partial charge on any atom is -0.493 e. The average Bonchev–Trinajstić information content (AvgIpc) is 3.09. The van der Waals surface area contributed by atoms with E-state index in [1.54, 1.807) is 25.5 Å². The van der Waals surface area contributed by atoms with Gasteiger partial charge in [0.15, 0.2) is 0 Å². The molecule has 2 amide bonds. The van der Waals surface area contributed by atoms with Gasteiger partial charge in [-0.1, -0.05) is 0 Å². The maximum atomic E-state index is 12.2. The number of hydrogen-bond donors (Lipinski definition) is 2. The van der Waals surface area contributed by atoms with Crippen molar-refractivity contribution in [3.63, 3.8) is 0 Å². The van der Waals surface area contributed by atoms with Gasteiger partial charge in [0.1, 0.15) is 17.6 Å². The largest absolute Gasteiger partial charge is 0.493 e. The normalized spacial score (nSPS) is 14.5. The van der Waals surface area contributed by atoms with Crippen LogP contribution in [0.5, 0.6) is 5.75 Å². The van der Waals surface area contributed by atoms with Crippen LogP contribution in [0.25, 0.3) is 0 Å². The molecule has 23 heavy (non-hydrogen) atoms. The van der Waals surface area contributed by atoms with Crippen molar-refractivity contribution in [2.75, 3.05) is 25.6 Å². The van der Waals surface area contributed by atoms with E-state index in [2.05, 4.69) is 10.6 Å². The van der Waals surface area contributed by atoms with Crippen molar-refractivity contribution in [3.8, 4) is 5.75 Å². The van der Waals surface area contributed by atoms with Gasteiger partial charge in [-0.05, 0) is 48.7 Å². The number of furan rings is 1. The summed E-state index contributed by atoms with van der Waals surface area (Å²) in [6.07, 6.45) is 3.53. The van der Waals surface area contributed by atoms with Gasteiger partial charge in [0.05, 0.1) is 19.5 Å². The summed E-state index contributed by atoms with van der Waals surface area (Å²) in [6.45, 7) is 1.08. The Balaban J connectivity index is 1.64. The maximum absolute atomic E-state index is 12.2. The number of fused-ring (bicyclic) bond motifs is 1. The first-order chi connectivity index (χ1) is 11.3. The van der Waals surface area contributed by atoms with Crippen molar-refractivity contribution in [2.45, 2.75) is 18.9 Å². The van der Waals surface area contributed by atoms with Crippen LogP contribution in [0.4, 0.5) is 10.5 Å². The predicted octanol–water partition coefficient (Wildman–Crippen LogP) is 3.11. The molecule has 0 aliphatic carbocycles. The molecule has 3 rings (SSSR count). The quantitative estimate of drug-likeness (QED) is 0.889. The summed E-state index contributed by atoms with van der Waals surface area (Å²) in [7, 11) is 1.58. The molecule has 2 N–H and O–H groups in total. The van der Waals surface area contributed by atoms with Gasteiger partial charge in [0.2, 0.25) is 0 Å². The first-order valence-corrected chi connectivity index (χ1v) is 7.62. The van der Waals surface area contributed by atoms with Crippen molar-refractivity contribution < 1.29 is 18.7 Å². The Kier molecular flexibility index (Phi) is 4.83. The van der Waals surface area contributed by atoms with Crippen molar-refractivity contribution >= 4 is 11.7 Å². The van der Waals surface area contributed by atoms with Crippen LogP contribution in [0.3, 0.4) is 0 Å². The van der Waals surface area contributed by atoms with Crippen LogP contribution in [-0.2, 0) is 11.2 Å². The van der Waals surface area contributed by atoms with Crippen molar-refractivity contribution in [3.05, 3.63) is 47.9 Å². The summed E-state index contributed by atoms with van der Waals surface area (Å²) in [5.74, 6) is 1.55. The zero-order valence-electron chi connectivity index (χ0n) is 13.0. The Labute approximate surface area is 134 Å². The minimum absolute atomic E-state index is 0.305. The number of aryl methyl sites for hydroxylation is 1. The van der Waals surface area contributed by atoms with E-state index in [9.17, 15) is 4.79 Å². The Bertz CT molecular complexity index is 655. The molecule has 2 heterocycles. The Morgan fingerprint density at radius 2 is 2.30 bits per heavy atom. The summed E-state index contributed by atoms with van der Waals surface area (Å²) in [6, 6.07) is 8.62. The number of anilines is 1. The third kappa shape index (κ3) is 3.84. The van der Waals surface area contributed by atoms with Gasteiger partial charge in [-0.15, -0.1) is 0 Å². The highest BCUT2D eigenvalue weighted by atomic mass is 16.5. The predicted molar refractivity (Wildman–Crippen MR) is 85.7 cm³/mol. The second-order valence-electron chi connectivity index (χ2n) is 5.40. The van der Waals surface area contributed by atoms with E-state index in [1.807, 2.05) is 18.2 Å². The van der Waals surface area contributed by atoms with E-state index in [0.29, 0.717) is 12.4 Å². The Hall–Kier alpha value is -2.47. The zero-order valence-corrected chi connectivity index (χ0v) is 13.0. The van der Waals surface area contributed by atoms with E-state index >= 15 is 0 Å². The van der Waals surface area contributed by atoms with Crippen LogP contribution >= 0.6 is 0 Å². The molecular formula is C17H20N2O4. The number of methoxy groups -OCH3 is 1. The van der Waals surface area contributed by atoms with Crippen molar-refractivity contribution in [1.29, 1.82) is 0 Å². The number of benzene rings is 1. The number of hydrogen-bond acceptors (Lipinski definition) is 4. The maximum Gasteiger partial charge on any atom is 0.319 e. The number of ether oxygens (including phenoxy) is 2. The first kappa shape index (κ1) is 15.4. The van der Waals surface area contributed by atoms with Crippen LogP contribution in [0, 0.1) is 0 Å². The number of urea groups is 1. The molecule has 0 saturated carbocycles. The van der Waals surface area contributed by atoms with Crippen molar-refractivity contribution in [2.24, 2.45) is 0 Å². The summed E-state index contributed by atoms with van der Waals surface area (Å²) >= 11 is 0. The zero-order chi connectivity index (χ0) is 16.1. The molecule has 1 aromatic carbocycles. The highest BCUT2D eigenvalue weighted by molar-refractivity contribution is 5.89. The number of amides is 2. The lowest BCUT2D eigenvalue weighted by atomic mass is 10.1. The molecule has 6 heteroatoms. The molecule has 1 atom stereocenters. The second-order valence-corrected chi connectivity index (χ2v) is 5.40. The molecule has 0 spiro atoms. The molecule has 0 bridgehead atoms. The summed E-state index contributed by atoms with van der Waals surface area (Å²) in [5, 5.41) is 5.69. The van der Waals surface area contributed by atoms with Gasteiger partial charge in [-0.3, -0.25) is 0 Å². The smallest absolute Gasteiger partial charge is 0.319 e. The fourth-order valence-electron chi connectivity index (χ4n) is 2.61. The second kappa shape index (κ2) is 7.19. The lowest BCUT2D eigenvalue weighted by Crippen LogP contribution is -2.34. The fourth-order valence-corrected chi connectivity index (χ4v) is 2.61. The lowest BCUT2D eigenvalue weighted by Gasteiger charge is -2.19. The Morgan fingerprint density at radius 3 is 3.09 bits per heavy atom. The highest BCUT2D eigenvalue weighted by Crippen LogP contribution is 2.27. The van der Waals surface area contributed by atoms with E-state index in [-0.39, 0.29) is 12.1 Å². The minimum atomic E-state index is -0.337. The third-order valence-corrected chi connectivity index (χ3v) is 3.69. The molecule has 2 aromatic rings. The van der Waals surface area contributed by atoms with Gasteiger partial charge in [0, 0.05) is 12.8 Å². The SMILES string of the molecule is COC[C@@H](NC(=O)Nc1ccc2c(c1)CCCO2)c1ccco1. The number of rotatable bonds is 5. The van der Waals surface area contributed by atoms with E-state index in [0.717, 1.165) is 36.4 Å². The highest BCUT2D eigenvalue weighted by Gasteiger charge is 2.18. The molecular weight excluding hydrogens is 296 g/mol. The van der Waals surface area contributed by atoms with Crippen LogP contribution in [0.15, 0.2) is 41.0 Å². The monoisotopic (exact) mass is 316 g/mol. The van der Waals surface area contributed by atoms with Crippen molar-refractivity contribution in [1.82, 2.24) is 5.32 Å². The molecule has 1 aliphatic heterocycles. The molecule has 0 fully saturated rings. The number of carbonyl (C=O) groups is 1. The summed E-state index contributed by atoms with van der Waals surface area (Å²) in [4.78, 5) is 12.2. The van der Waals surface area contributed by atoms with Crippen LogP contribution in [0.1, 0.15) is 23.8 Å². The molecule has 1 aliphatic rings. The van der Waals surface area contributed by atoms with Gasteiger partial charge in [-0.2, -0.15) is 0 Å². The van der Waals surface area contributed by atoms with Crippen LogP contribution < -0.4 is 15.4 Å². The number of nitrogens with one attached hydrogen (secondary N) is 2. The van der Waals surface area contributed by atoms with Gasteiger partial charge < -0.3 is 24.5 Å². The number of carbonyl (C=O) groups excluding carboxylic acids is 1. The van der Waals surface area contributed by atoms with E-state index < -0.39 is 0 Å². The van der Waals surface area contributed by atoms with E-state index in [1.165, 1.54) is 0 Å². The molecule has 6 nitrogen and oxygen atoms in total. The lowest BCUT2D eigenvalue weighted by molar-refractivity contribution is 0.159. The molecule has 0 unspecified atom stereocenters. The standard InChI is InChI=1S/C17H20N2O4/c1-21-11-14(16-5-3-9-23-16)19-17(20)18-13-6-7-15-12(10-13)4-2-8-22-15/h3,5-7,9-10,14H,2,4,8,11H2,1H3,(H2,18,19,20)/t14-/m1/s1. The van der Waals surface area contributed by atoms with Gasteiger partial charge >= 0.3 is 6.03 Å². The average molecular weight is 316 g/mol. The summed E-state index contributed by atoms with van der Waals surface area (Å²) in [5.41, 5.74) is 1.86. The van der Waals surface area contributed by atoms with Gasteiger partial charge in [-0.25, -0.2) is 4.79 Å². The van der Waals surface area contributed by atoms with Crippen LogP contribution in [0.2, 0.25) is 0 Å². The molecule has 0 radical (unpaired) electrons. The molecule has 122 valence electrons. The third-order valence-electron chi connectivity index (χ3n) is 3.69. The topological polar surface area (TPSA) is 72.7 Å². The van der Waals surface area contributed by atoms with Crippen LogP contribution in [-0.4, -0.2) is 26.4 Å².